The minimum atomic E-state index is -1.27. The second kappa shape index (κ2) is 8.75. The quantitative estimate of drug-likeness (QED) is 0.446. The number of fused-ring (bicyclic) bond motifs is 2. The van der Waals surface area contributed by atoms with Gasteiger partial charge in [-0.2, -0.15) is 0 Å². The molecule has 0 spiro atoms. The van der Waals surface area contributed by atoms with Crippen molar-refractivity contribution in [3.63, 3.8) is 0 Å². The summed E-state index contributed by atoms with van der Waals surface area (Å²) in [5, 5.41) is 30.2. The maximum Gasteiger partial charge on any atom is 0.326 e. The van der Waals surface area contributed by atoms with E-state index >= 15 is 0 Å². The lowest BCUT2D eigenvalue weighted by Crippen LogP contribution is -2.57. The van der Waals surface area contributed by atoms with Gasteiger partial charge in [-0.15, -0.1) is 0 Å². The number of nitrogens with zero attached hydrogens (tertiary/aromatic N) is 1. The van der Waals surface area contributed by atoms with Crippen LogP contribution in [-0.2, 0) is 16.1 Å². The summed E-state index contributed by atoms with van der Waals surface area (Å²) in [6, 6.07) is 0.437. The van der Waals surface area contributed by atoms with Gasteiger partial charge in [-0.05, 0) is 65.9 Å². The van der Waals surface area contributed by atoms with Crippen LogP contribution in [0.3, 0.4) is 0 Å². The highest BCUT2D eigenvalue weighted by Crippen LogP contribution is 2.63. The minimum absolute atomic E-state index is 0.0114. The van der Waals surface area contributed by atoms with Gasteiger partial charge in [-0.3, -0.25) is 9.59 Å². The smallest absolute Gasteiger partial charge is 0.326 e. The number of carbonyl (C=O) groups is 3. The summed E-state index contributed by atoms with van der Waals surface area (Å²) in [6.45, 7) is 8.02. The van der Waals surface area contributed by atoms with E-state index < -0.39 is 41.2 Å². The molecule has 1 aromatic carbocycles. The number of hydrogen-bond donors (Lipinski definition) is 3. The number of carboxylic acids is 2. The number of allylic oxidation sites excluding steroid dienone is 2. The molecule has 9 nitrogen and oxygen atoms in total. The number of carbonyl (C=O) groups excluding carboxylic acids is 1. The van der Waals surface area contributed by atoms with Crippen LogP contribution in [0.1, 0.15) is 93.6 Å². The molecule has 1 amide bonds. The second-order valence-electron chi connectivity index (χ2n) is 11.7. The van der Waals surface area contributed by atoms with E-state index in [0.29, 0.717) is 29.0 Å². The summed E-state index contributed by atoms with van der Waals surface area (Å²) in [5.74, 6) is -1.76. The Labute approximate surface area is 216 Å². The van der Waals surface area contributed by atoms with E-state index in [4.69, 9.17) is 14.6 Å². The fourth-order valence-corrected chi connectivity index (χ4v) is 6.84. The van der Waals surface area contributed by atoms with Gasteiger partial charge in [-0.25, -0.2) is 4.79 Å². The number of hydrogen-bond acceptors (Lipinski definition) is 6. The summed E-state index contributed by atoms with van der Waals surface area (Å²) in [6.07, 6.45) is 4.09. The molecule has 0 bridgehead atoms. The number of ether oxygens (including phenoxy) is 2. The molecule has 3 heterocycles. The number of carboxylic acid groups (broad SMARTS) is 2. The molecular formula is C28H35NO8. The Balaban J connectivity index is 1.57. The van der Waals surface area contributed by atoms with Gasteiger partial charge in [0.15, 0.2) is 0 Å². The molecule has 37 heavy (non-hydrogen) atoms. The molecule has 0 saturated heterocycles. The molecule has 0 aromatic heterocycles. The first-order chi connectivity index (χ1) is 17.3. The Hall–Kier alpha value is -3.07. The van der Waals surface area contributed by atoms with Crippen molar-refractivity contribution in [2.24, 2.45) is 5.92 Å². The van der Waals surface area contributed by atoms with Crippen molar-refractivity contribution >= 4 is 17.8 Å². The van der Waals surface area contributed by atoms with Gasteiger partial charge in [0.05, 0.1) is 17.7 Å². The van der Waals surface area contributed by atoms with Crippen LogP contribution in [-0.4, -0.2) is 61.4 Å². The van der Waals surface area contributed by atoms with Crippen molar-refractivity contribution in [2.45, 2.75) is 102 Å². The van der Waals surface area contributed by atoms with Crippen molar-refractivity contribution < 1.29 is 39.2 Å². The van der Waals surface area contributed by atoms with Crippen LogP contribution >= 0.6 is 0 Å². The average molecular weight is 514 g/mol. The summed E-state index contributed by atoms with van der Waals surface area (Å²) < 4.78 is 13.2. The molecule has 0 unspecified atom stereocenters. The fraction of sp³-hybridized carbons (Fsp3) is 0.607. The van der Waals surface area contributed by atoms with Crippen molar-refractivity contribution in [3.05, 3.63) is 34.4 Å². The molecule has 9 heteroatoms. The van der Waals surface area contributed by atoms with Gasteiger partial charge in [0.25, 0.3) is 5.91 Å². The van der Waals surface area contributed by atoms with Gasteiger partial charge in [-0.1, -0.05) is 11.6 Å². The number of amides is 1. The largest absolute Gasteiger partial charge is 0.487 e. The monoisotopic (exact) mass is 513 g/mol. The van der Waals surface area contributed by atoms with Crippen molar-refractivity contribution in [1.29, 1.82) is 0 Å². The van der Waals surface area contributed by atoms with Crippen molar-refractivity contribution in [3.8, 4) is 11.5 Å². The van der Waals surface area contributed by atoms with Crippen LogP contribution in [0, 0.1) is 5.92 Å². The summed E-state index contributed by atoms with van der Waals surface area (Å²) >= 11 is 0. The van der Waals surface area contributed by atoms with Gasteiger partial charge in [0, 0.05) is 29.4 Å². The zero-order valence-corrected chi connectivity index (χ0v) is 21.7. The first-order valence-corrected chi connectivity index (χ1v) is 13.0. The minimum Gasteiger partial charge on any atom is -0.487 e. The van der Waals surface area contributed by atoms with E-state index in [0.717, 1.165) is 24.8 Å². The first-order valence-electron chi connectivity index (χ1n) is 13.0. The Bertz CT molecular complexity index is 1200. The zero-order valence-electron chi connectivity index (χ0n) is 21.7. The Morgan fingerprint density at radius 3 is 2.65 bits per heavy atom. The Morgan fingerprint density at radius 2 is 2.00 bits per heavy atom. The molecule has 1 aliphatic carbocycles. The SMILES string of the molecule is CC(C)=CCC[C@@]1(C)Oc2cc3c(c4c2[C@@H]2[C@H]1CC[C@@](C)(O)[C@H]2O4)CN([C@H](CCC(=O)O)C(=O)O)C3=O. The normalized spacial score (nSPS) is 31.6. The van der Waals surface area contributed by atoms with Crippen LogP contribution in [0.25, 0.3) is 0 Å². The topological polar surface area (TPSA) is 134 Å². The number of aliphatic carboxylic acids is 2. The third kappa shape index (κ3) is 4.07. The molecule has 1 aromatic rings. The molecule has 1 fully saturated rings. The zero-order chi connectivity index (χ0) is 26.9. The molecule has 3 N–H and O–H groups in total. The Morgan fingerprint density at radius 1 is 1.27 bits per heavy atom. The maximum atomic E-state index is 13.5. The predicted octanol–water partition coefficient (Wildman–Crippen LogP) is 3.86. The van der Waals surface area contributed by atoms with E-state index in [1.165, 1.54) is 10.5 Å². The molecule has 200 valence electrons. The van der Waals surface area contributed by atoms with Crippen LogP contribution in [0.5, 0.6) is 11.5 Å². The molecule has 1 saturated carbocycles. The van der Waals surface area contributed by atoms with Crippen molar-refractivity contribution in [1.82, 2.24) is 4.90 Å². The third-order valence-corrected chi connectivity index (χ3v) is 8.73. The molecule has 4 aliphatic rings. The number of aliphatic hydroxyl groups is 1. The fourth-order valence-electron chi connectivity index (χ4n) is 6.84. The maximum absolute atomic E-state index is 13.5. The molecule has 6 atom stereocenters. The molecular weight excluding hydrogens is 478 g/mol. The first kappa shape index (κ1) is 25.6. The standard InChI is InChI=1S/C28H35NO8/c1-14(2)6-5-10-28(4)17-9-11-27(3,35)24-21(17)22-19(37-28)12-15-16(23(22)36-24)13-29(25(15)32)18(26(33)34)7-8-20(30)31/h6,12,17-18,21,24,35H,5,7-11,13H2,1-4H3,(H,30,31)(H,33,34)/t17-,18-,21+,24+,27-,28-/m1/s1. The van der Waals surface area contributed by atoms with Gasteiger partial charge in [0.1, 0.15) is 29.2 Å². The lowest BCUT2D eigenvalue weighted by molar-refractivity contribution is -0.143. The highest BCUT2D eigenvalue weighted by atomic mass is 16.5. The van der Waals surface area contributed by atoms with E-state index in [1.807, 2.05) is 0 Å². The number of benzene rings is 1. The highest BCUT2D eigenvalue weighted by Gasteiger charge is 2.61. The average Bonchev–Trinajstić information content (AvgIpc) is 3.34. The molecule has 3 aliphatic heterocycles. The highest BCUT2D eigenvalue weighted by molar-refractivity contribution is 6.02. The summed E-state index contributed by atoms with van der Waals surface area (Å²) in [7, 11) is 0. The molecule has 0 radical (unpaired) electrons. The summed E-state index contributed by atoms with van der Waals surface area (Å²) in [5.41, 5.74) is 1.42. The van der Waals surface area contributed by atoms with E-state index in [9.17, 15) is 24.6 Å². The van der Waals surface area contributed by atoms with Gasteiger partial charge >= 0.3 is 11.9 Å². The second-order valence-corrected chi connectivity index (χ2v) is 11.7. The lowest BCUT2D eigenvalue weighted by Gasteiger charge is -2.51. The van der Waals surface area contributed by atoms with Crippen molar-refractivity contribution in [2.75, 3.05) is 0 Å². The summed E-state index contributed by atoms with van der Waals surface area (Å²) in [4.78, 5) is 37.8. The van der Waals surface area contributed by atoms with Crippen LogP contribution in [0.2, 0.25) is 0 Å². The van der Waals surface area contributed by atoms with Gasteiger partial charge in [0.2, 0.25) is 0 Å². The lowest BCUT2D eigenvalue weighted by atomic mass is 9.61. The number of rotatable bonds is 8. The molecule has 5 rings (SSSR count). The third-order valence-electron chi connectivity index (χ3n) is 8.73. The van der Waals surface area contributed by atoms with Gasteiger partial charge < -0.3 is 29.7 Å². The van der Waals surface area contributed by atoms with E-state index in [-0.39, 0.29) is 31.2 Å². The van der Waals surface area contributed by atoms with Crippen LogP contribution < -0.4 is 9.47 Å². The van der Waals surface area contributed by atoms with Crippen LogP contribution in [0.15, 0.2) is 17.7 Å². The van der Waals surface area contributed by atoms with E-state index in [2.05, 4.69) is 26.8 Å². The van der Waals surface area contributed by atoms with Crippen LogP contribution in [0.4, 0.5) is 0 Å². The van der Waals surface area contributed by atoms with E-state index in [1.54, 1.807) is 13.0 Å². The Kier molecular flexibility index (Phi) is 6.05. The predicted molar refractivity (Wildman–Crippen MR) is 133 cm³/mol.